The van der Waals surface area contributed by atoms with E-state index >= 15 is 0 Å². The van der Waals surface area contributed by atoms with E-state index in [1.165, 1.54) is 11.7 Å². The first-order valence-corrected chi connectivity index (χ1v) is 10.6. The van der Waals surface area contributed by atoms with Gasteiger partial charge < -0.3 is 9.30 Å². The number of hydrogen-bond acceptors (Lipinski definition) is 7. The molecular weight excluding hydrogens is 436 g/mol. The molecule has 0 amide bonds. The molecule has 0 saturated heterocycles. The monoisotopic (exact) mass is 458 g/mol. The molecule has 0 fully saturated rings. The van der Waals surface area contributed by atoms with Crippen LogP contribution < -0.4 is 11.2 Å². The number of aryl methyl sites for hydroxylation is 1. The molecule has 11 nitrogen and oxygen atoms in total. The first-order valence-electron chi connectivity index (χ1n) is 10.6. The van der Waals surface area contributed by atoms with Gasteiger partial charge in [0.2, 0.25) is 0 Å². The Morgan fingerprint density at radius 2 is 1.79 bits per heavy atom. The number of benzene rings is 2. The normalized spacial score (nSPS) is 12.3. The van der Waals surface area contributed by atoms with E-state index in [1.807, 2.05) is 55.5 Å². The van der Waals surface area contributed by atoms with Gasteiger partial charge in [-0.15, -0.1) is 5.10 Å². The molecule has 2 N–H and O–H groups in total. The van der Waals surface area contributed by atoms with Crippen LogP contribution in [0.4, 0.5) is 0 Å². The predicted octanol–water partition coefficient (Wildman–Crippen LogP) is 2.26. The number of ether oxygens (including phenoxy) is 1. The van der Waals surface area contributed by atoms with Crippen LogP contribution >= 0.6 is 0 Å². The molecule has 0 saturated carbocycles. The summed E-state index contributed by atoms with van der Waals surface area (Å²) in [6.07, 6.45) is -0.575. The molecule has 3 heterocycles. The van der Waals surface area contributed by atoms with E-state index in [-0.39, 0.29) is 0 Å². The van der Waals surface area contributed by atoms with Crippen molar-refractivity contribution in [3.8, 4) is 22.5 Å². The molecule has 1 atom stereocenters. The Labute approximate surface area is 193 Å². The van der Waals surface area contributed by atoms with Crippen LogP contribution in [0, 0.1) is 6.92 Å². The van der Waals surface area contributed by atoms with Crippen LogP contribution in [0.25, 0.3) is 33.7 Å². The lowest BCUT2D eigenvalue weighted by Gasteiger charge is -2.13. The van der Waals surface area contributed by atoms with Crippen LogP contribution in [0.2, 0.25) is 0 Å². The lowest BCUT2D eigenvalue weighted by Crippen LogP contribution is -2.33. The number of methoxy groups -OCH3 is 1. The smallest absolute Gasteiger partial charge is 0.332 e. The van der Waals surface area contributed by atoms with E-state index in [2.05, 4.69) is 30.6 Å². The number of rotatable bonds is 6. The molecule has 0 bridgehead atoms. The van der Waals surface area contributed by atoms with Crippen molar-refractivity contribution in [1.82, 2.24) is 39.7 Å². The summed E-state index contributed by atoms with van der Waals surface area (Å²) in [6.45, 7) is 3.94. The lowest BCUT2D eigenvalue weighted by molar-refractivity contribution is 0.0597. The van der Waals surface area contributed by atoms with Crippen LogP contribution in [0.3, 0.4) is 0 Å². The van der Waals surface area contributed by atoms with E-state index in [0.29, 0.717) is 29.4 Å². The average Bonchev–Trinajstić information content (AvgIpc) is 3.48. The average molecular weight is 458 g/mol. The highest BCUT2D eigenvalue weighted by molar-refractivity contribution is 5.80. The zero-order chi connectivity index (χ0) is 23.8. The fourth-order valence-corrected chi connectivity index (χ4v) is 4.08. The minimum atomic E-state index is -0.575. The number of aromatic nitrogens is 8. The quantitative estimate of drug-likeness (QED) is 0.398. The molecule has 5 aromatic rings. The predicted molar refractivity (Wildman–Crippen MR) is 125 cm³/mol. The van der Waals surface area contributed by atoms with Crippen LogP contribution in [-0.4, -0.2) is 46.8 Å². The van der Waals surface area contributed by atoms with Crippen molar-refractivity contribution >= 4 is 11.2 Å². The van der Waals surface area contributed by atoms with Gasteiger partial charge in [-0.3, -0.25) is 9.78 Å². The van der Waals surface area contributed by atoms with Crippen molar-refractivity contribution in [3.63, 3.8) is 0 Å². The Hall–Kier alpha value is -4.38. The third kappa shape index (κ3) is 3.61. The van der Waals surface area contributed by atoms with Crippen LogP contribution in [0.1, 0.15) is 24.5 Å². The Morgan fingerprint density at radius 1 is 1.06 bits per heavy atom. The van der Waals surface area contributed by atoms with Gasteiger partial charge in [0, 0.05) is 19.2 Å². The first kappa shape index (κ1) is 21.5. The molecule has 0 radical (unpaired) electrons. The van der Waals surface area contributed by atoms with Gasteiger partial charge in [0.25, 0.3) is 5.56 Å². The van der Waals surface area contributed by atoms with Gasteiger partial charge in [0.15, 0.2) is 17.0 Å². The number of aromatic amines is 2. The Kier molecular flexibility index (Phi) is 5.38. The summed E-state index contributed by atoms with van der Waals surface area (Å²) < 4.78 is 8.45. The summed E-state index contributed by atoms with van der Waals surface area (Å²) in [7, 11) is 1.50. The fourth-order valence-electron chi connectivity index (χ4n) is 4.08. The molecule has 2 aromatic carbocycles. The van der Waals surface area contributed by atoms with Crippen LogP contribution in [-0.2, 0) is 11.3 Å². The highest BCUT2D eigenvalue weighted by atomic mass is 16.5. The van der Waals surface area contributed by atoms with Gasteiger partial charge in [0.05, 0.1) is 0 Å². The number of tetrazole rings is 1. The van der Waals surface area contributed by atoms with E-state index in [0.717, 1.165) is 22.3 Å². The maximum atomic E-state index is 12.7. The third-order valence-corrected chi connectivity index (χ3v) is 5.86. The zero-order valence-electron chi connectivity index (χ0n) is 18.8. The second-order valence-electron chi connectivity index (χ2n) is 7.87. The summed E-state index contributed by atoms with van der Waals surface area (Å²) in [6, 6.07) is 15.9. The first-order chi connectivity index (χ1) is 16.5. The summed E-state index contributed by atoms with van der Waals surface area (Å²) in [5.41, 5.74) is 3.46. The highest BCUT2D eigenvalue weighted by Gasteiger charge is 2.19. The van der Waals surface area contributed by atoms with Gasteiger partial charge in [0.1, 0.15) is 12.1 Å². The van der Waals surface area contributed by atoms with Crippen LogP contribution in [0.5, 0.6) is 0 Å². The second-order valence-corrected chi connectivity index (χ2v) is 7.87. The summed E-state index contributed by atoms with van der Waals surface area (Å²) in [4.78, 5) is 32.0. The molecule has 172 valence electrons. The molecule has 5 rings (SSSR count). The van der Waals surface area contributed by atoms with E-state index in [4.69, 9.17) is 4.74 Å². The summed E-state index contributed by atoms with van der Waals surface area (Å²) >= 11 is 0. The van der Waals surface area contributed by atoms with Crippen molar-refractivity contribution in [2.45, 2.75) is 26.6 Å². The minimum absolute atomic E-state index is 0.298. The number of fused-ring (bicyclic) bond motifs is 1. The molecular formula is C23H22N8O3. The highest BCUT2D eigenvalue weighted by Crippen LogP contribution is 2.30. The maximum absolute atomic E-state index is 12.7. The van der Waals surface area contributed by atoms with E-state index < -0.39 is 17.5 Å². The Balaban J connectivity index is 1.53. The second kappa shape index (κ2) is 8.52. The van der Waals surface area contributed by atoms with Crippen LogP contribution in [0.15, 0.2) is 58.1 Å². The molecule has 0 spiro atoms. The van der Waals surface area contributed by atoms with Gasteiger partial charge in [-0.2, -0.15) is 0 Å². The Morgan fingerprint density at radius 3 is 2.47 bits per heavy atom. The van der Waals surface area contributed by atoms with E-state index in [1.54, 1.807) is 11.5 Å². The van der Waals surface area contributed by atoms with Crippen molar-refractivity contribution in [3.05, 3.63) is 80.8 Å². The fraction of sp³-hybridized carbons (Fsp3) is 0.217. The van der Waals surface area contributed by atoms with Crippen molar-refractivity contribution in [1.29, 1.82) is 0 Å². The molecule has 34 heavy (non-hydrogen) atoms. The topological polar surface area (TPSA) is 136 Å². The molecule has 0 aliphatic carbocycles. The van der Waals surface area contributed by atoms with Gasteiger partial charge in [-0.25, -0.2) is 19.4 Å². The van der Waals surface area contributed by atoms with Gasteiger partial charge >= 0.3 is 5.69 Å². The number of imidazole rings is 1. The van der Waals surface area contributed by atoms with Gasteiger partial charge in [-0.05, 0) is 41.0 Å². The van der Waals surface area contributed by atoms with E-state index in [9.17, 15) is 9.59 Å². The zero-order valence-corrected chi connectivity index (χ0v) is 18.8. The minimum Gasteiger partial charge on any atom is -0.361 e. The largest absolute Gasteiger partial charge is 0.361 e. The SMILES string of the molecule is COC(C)n1c(=O)[nH]c(=O)c2c1nc(C)n2Cc1ccc(-c2ccccc2-c2nnn[nH]2)cc1. The Bertz CT molecular complexity index is 1580. The molecule has 0 aliphatic heterocycles. The lowest BCUT2D eigenvalue weighted by atomic mass is 9.98. The standard InChI is InChI=1S/C23H22N8O3/c1-13-24-21-19(22(32)25-23(33)31(21)14(2)34-3)30(13)12-15-8-10-16(11-9-15)17-6-4-5-7-18(17)20-26-28-29-27-20/h4-11,14H,12H2,1-3H3,(H,25,32,33)(H,26,27,28,29). The number of nitrogens with one attached hydrogen (secondary N) is 2. The number of nitrogens with zero attached hydrogens (tertiary/aromatic N) is 6. The molecule has 0 aliphatic rings. The molecule has 11 heteroatoms. The molecule has 3 aromatic heterocycles. The molecule has 1 unspecified atom stereocenters. The summed E-state index contributed by atoms with van der Waals surface area (Å²) in [5.74, 6) is 1.21. The van der Waals surface area contributed by atoms with Crippen molar-refractivity contribution < 1.29 is 4.74 Å². The number of H-pyrrole nitrogens is 2. The van der Waals surface area contributed by atoms with Crippen molar-refractivity contribution in [2.75, 3.05) is 7.11 Å². The number of hydrogen-bond donors (Lipinski definition) is 2. The third-order valence-electron chi connectivity index (χ3n) is 5.86. The van der Waals surface area contributed by atoms with Gasteiger partial charge in [-0.1, -0.05) is 48.5 Å². The maximum Gasteiger partial charge on any atom is 0.332 e. The summed E-state index contributed by atoms with van der Waals surface area (Å²) in [5, 5.41) is 14.2. The van der Waals surface area contributed by atoms with Crippen molar-refractivity contribution in [2.24, 2.45) is 0 Å².